The van der Waals surface area contributed by atoms with Crippen molar-refractivity contribution in [1.82, 2.24) is 4.72 Å². The number of nitrogens with one attached hydrogen (secondary N) is 1. The second-order valence-corrected chi connectivity index (χ2v) is 4.30. The zero-order valence-corrected chi connectivity index (χ0v) is 8.21. The molecular formula is C9H9N2O2S. The lowest BCUT2D eigenvalue weighted by molar-refractivity contribution is 0.585. The third kappa shape index (κ3) is 2.31. The molecule has 5 heteroatoms. The molecule has 0 unspecified atom stereocenters. The minimum atomic E-state index is -3.46. The van der Waals surface area contributed by atoms with E-state index in [1.807, 2.05) is 6.07 Å². The van der Waals surface area contributed by atoms with Crippen LogP contribution >= 0.6 is 0 Å². The third-order valence-corrected chi connectivity index (χ3v) is 3.06. The SMILES string of the molecule is [CH2]CNS(=O)(=O)c1ccc(C#N)cc1. The van der Waals surface area contributed by atoms with Crippen LogP contribution in [0.1, 0.15) is 5.56 Å². The van der Waals surface area contributed by atoms with Crippen molar-refractivity contribution >= 4 is 10.0 Å². The van der Waals surface area contributed by atoms with Gasteiger partial charge in [-0.25, -0.2) is 13.1 Å². The molecule has 14 heavy (non-hydrogen) atoms. The van der Waals surface area contributed by atoms with E-state index in [9.17, 15) is 8.42 Å². The summed E-state index contributed by atoms with van der Waals surface area (Å²) in [7, 11) is -3.46. The van der Waals surface area contributed by atoms with Crippen LogP contribution in [-0.4, -0.2) is 15.0 Å². The molecule has 4 nitrogen and oxygen atoms in total. The van der Waals surface area contributed by atoms with E-state index in [2.05, 4.69) is 11.6 Å². The maximum Gasteiger partial charge on any atom is 0.240 e. The van der Waals surface area contributed by atoms with Crippen molar-refractivity contribution < 1.29 is 8.42 Å². The van der Waals surface area contributed by atoms with Crippen LogP contribution in [0.25, 0.3) is 0 Å². The Balaban J connectivity index is 3.05. The van der Waals surface area contributed by atoms with E-state index in [1.165, 1.54) is 24.3 Å². The predicted octanol–water partition coefficient (Wildman–Crippen LogP) is 0.671. The molecule has 1 radical (unpaired) electrons. The van der Waals surface area contributed by atoms with Crippen molar-refractivity contribution in [2.45, 2.75) is 4.90 Å². The summed E-state index contributed by atoms with van der Waals surface area (Å²) in [4.78, 5) is 0.139. The first-order valence-corrected chi connectivity index (χ1v) is 5.37. The summed E-state index contributed by atoms with van der Waals surface area (Å²) in [5.74, 6) is 0. The Kier molecular flexibility index (Phi) is 3.23. The van der Waals surface area contributed by atoms with Gasteiger partial charge in [0.2, 0.25) is 10.0 Å². The normalized spacial score (nSPS) is 10.9. The summed E-state index contributed by atoms with van der Waals surface area (Å²) in [5, 5.41) is 8.51. The molecule has 1 aromatic rings. The van der Waals surface area contributed by atoms with Crippen LogP contribution in [0.4, 0.5) is 0 Å². The molecule has 0 bridgehead atoms. The lowest BCUT2D eigenvalue weighted by Crippen LogP contribution is -2.23. The van der Waals surface area contributed by atoms with Crippen molar-refractivity contribution in [2.24, 2.45) is 0 Å². The Morgan fingerprint density at radius 3 is 2.36 bits per heavy atom. The molecule has 1 rings (SSSR count). The lowest BCUT2D eigenvalue weighted by atomic mass is 10.2. The molecule has 0 aromatic heterocycles. The van der Waals surface area contributed by atoms with Crippen molar-refractivity contribution in [2.75, 3.05) is 6.54 Å². The van der Waals surface area contributed by atoms with Crippen LogP contribution in [0.15, 0.2) is 29.2 Å². The first kappa shape index (κ1) is 10.7. The second kappa shape index (κ2) is 4.22. The van der Waals surface area contributed by atoms with Gasteiger partial charge >= 0.3 is 0 Å². The standard InChI is InChI=1S/C9H9N2O2S/c1-2-11-14(12,13)9-5-3-8(7-10)4-6-9/h3-6,11H,1-2H2. The van der Waals surface area contributed by atoms with Crippen LogP contribution in [0.5, 0.6) is 0 Å². The summed E-state index contributed by atoms with van der Waals surface area (Å²) in [6, 6.07) is 7.59. The lowest BCUT2D eigenvalue weighted by Gasteiger charge is -2.03. The molecule has 0 saturated heterocycles. The van der Waals surface area contributed by atoms with Gasteiger partial charge < -0.3 is 0 Å². The first-order chi connectivity index (χ1) is 6.60. The Morgan fingerprint density at radius 1 is 1.36 bits per heavy atom. The number of rotatable bonds is 3. The van der Waals surface area contributed by atoms with Crippen molar-refractivity contribution in [1.29, 1.82) is 5.26 Å². The second-order valence-electron chi connectivity index (χ2n) is 2.53. The van der Waals surface area contributed by atoms with E-state index in [4.69, 9.17) is 5.26 Å². The topological polar surface area (TPSA) is 70.0 Å². The van der Waals surface area contributed by atoms with Crippen LogP contribution in [-0.2, 0) is 10.0 Å². The quantitative estimate of drug-likeness (QED) is 0.795. The first-order valence-electron chi connectivity index (χ1n) is 3.89. The van der Waals surface area contributed by atoms with Gasteiger partial charge in [-0.15, -0.1) is 0 Å². The molecule has 1 aromatic carbocycles. The number of nitrogens with zero attached hydrogens (tertiary/aromatic N) is 1. The van der Waals surface area contributed by atoms with Gasteiger partial charge in [0.05, 0.1) is 16.5 Å². The number of benzene rings is 1. The summed E-state index contributed by atoms with van der Waals surface area (Å²) in [6.45, 7) is 3.49. The van der Waals surface area contributed by atoms with E-state index in [0.717, 1.165) is 0 Å². The fraction of sp³-hybridized carbons (Fsp3) is 0.111. The molecule has 1 N–H and O–H groups in total. The highest BCUT2D eigenvalue weighted by Crippen LogP contribution is 2.09. The zero-order chi connectivity index (χ0) is 10.6. The van der Waals surface area contributed by atoms with E-state index < -0.39 is 10.0 Å². The van der Waals surface area contributed by atoms with E-state index in [0.29, 0.717) is 5.56 Å². The molecular weight excluding hydrogens is 200 g/mol. The van der Waals surface area contributed by atoms with Gasteiger partial charge in [-0.1, -0.05) is 0 Å². The largest absolute Gasteiger partial charge is 0.240 e. The molecule has 0 amide bonds. The molecule has 0 aliphatic carbocycles. The van der Waals surface area contributed by atoms with Crippen LogP contribution in [0, 0.1) is 18.3 Å². The third-order valence-electron chi connectivity index (χ3n) is 1.59. The monoisotopic (exact) mass is 209 g/mol. The van der Waals surface area contributed by atoms with Crippen molar-refractivity contribution in [3.05, 3.63) is 36.8 Å². The maximum absolute atomic E-state index is 11.4. The maximum atomic E-state index is 11.4. The summed E-state index contributed by atoms with van der Waals surface area (Å²) >= 11 is 0. The van der Waals surface area contributed by atoms with Crippen LogP contribution in [0.2, 0.25) is 0 Å². The molecule has 0 spiro atoms. The fourth-order valence-corrected chi connectivity index (χ4v) is 1.86. The number of nitriles is 1. The van der Waals surface area contributed by atoms with Gasteiger partial charge in [-0.2, -0.15) is 5.26 Å². The summed E-state index contributed by atoms with van der Waals surface area (Å²) in [6.07, 6.45) is 0. The highest BCUT2D eigenvalue weighted by Gasteiger charge is 2.11. The van der Waals surface area contributed by atoms with Crippen LogP contribution < -0.4 is 4.72 Å². The van der Waals surface area contributed by atoms with Gasteiger partial charge in [0.25, 0.3) is 0 Å². The van der Waals surface area contributed by atoms with Gasteiger partial charge in [0, 0.05) is 6.54 Å². The average Bonchev–Trinajstić information content (AvgIpc) is 2.18. The zero-order valence-electron chi connectivity index (χ0n) is 7.40. The highest BCUT2D eigenvalue weighted by molar-refractivity contribution is 7.89. The number of hydrogen-bond acceptors (Lipinski definition) is 3. The molecule has 0 aliphatic rings. The Labute approximate surface area is 83.2 Å². The molecule has 73 valence electrons. The van der Waals surface area contributed by atoms with Crippen LogP contribution in [0.3, 0.4) is 0 Å². The van der Waals surface area contributed by atoms with E-state index in [1.54, 1.807) is 0 Å². The molecule has 0 heterocycles. The van der Waals surface area contributed by atoms with Gasteiger partial charge in [0.15, 0.2) is 0 Å². The number of hydrogen-bond donors (Lipinski definition) is 1. The molecule has 0 atom stereocenters. The predicted molar refractivity (Wildman–Crippen MR) is 51.7 cm³/mol. The van der Waals surface area contributed by atoms with Gasteiger partial charge in [-0.3, -0.25) is 0 Å². The van der Waals surface area contributed by atoms with Crippen molar-refractivity contribution in [3.8, 4) is 6.07 Å². The van der Waals surface area contributed by atoms with Gasteiger partial charge in [-0.05, 0) is 31.2 Å². The van der Waals surface area contributed by atoms with E-state index in [-0.39, 0.29) is 11.4 Å². The highest BCUT2D eigenvalue weighted by atomic mass is 32.2. The average molecular weight is 209 g/mol. The molecule has 0 aliphatic heterocycles. The Bertz CT molecular complexity index is 443. The number of sulfonamides is 1. The summed E-state index contributed by atoms with van der Waals surface area (Å²) in [5.41, 5.74) is 0.429. The minimum Gasteiger partial charge on any atom is -0.211 e. The smallest absolute Gasteiger partial charge is 0.211 e. The Hall–Kier alpha value is -1.38. The minimum absolute atomic E-state index is 0.0995. The van der Waals surface area contributed by atoms with E-state index >= 15 is 0 Å². The van der Waals surface area contributed by atoms with Gasteiger partial charge in [0.1, 0.15) is 0 Å². The summed E-state index contributed by atoms with van der Waals surface area (Å²) < 4.78 is 25.0. The Morgan fingerprint density at radius 2 is 1.93 bits per heavy atom. The molecule has 0 fully saturated rings. The van der Waals surface area contributed by atoms with Crippen molar-refractivity contribution in [3.63, 3.8) is 0 Å². The fourth-order valence-electron chi connectivity index (χ4n) is 0.926. The molecule has 0 saturated carbocycles.